The molecule has 94 valence electrons. The molecule has 1 N–H and O–H groups in total. The Morgan fingerprint density at radius 2 is 1.89 bits per heavy atom. The van der Waals surface area contributed by atoms with Crippen LogP contribution < -0.4 is 5.32 Å². The molecule has 1 aliphatic heterocycles. The molecule has 0 unspecified atom stereocenters. The third kappa shape index (κ3) is 1.66. The lowest BCUT2D eigenvalue weighted by atomic mass is 9.99. The van der Waals surface area contributed by atoms with Crippen molar-refractivity contribution in [2.24, 2.45) is 0 Å². The van der Waals surface area contributed by atoms with Crippen LogP contribution in [0, 0.1) is 0 Å². The van der Waals surface area contributed by atoms with Crippen molar-refractivity contribution >= 4 is 10.8 Å². The highest BCUT2D eigenvalue weighted by molar-refractivity contribution is 5.90. The van der Waals surface area contributed by atoms with E-state index < -0.39 is 0 Å². The zero-order chi connectivity index (χ0) is 12.7. The van der Waals surface area contributed by atoms with Gasteiger partial charge in [0.05, 0.1) is 12.0 Å². The van der Waals surface area contributed by atoms with E-state index in [0.29, 0.717) is 5.92 Å². The molecule has 2 aromatic carbocycles. The number of imidazole rings is 1. The average molecular weight is 249 g/mol. The summed E-state index contributed by atoms with van der Waals surface area (Å²) in [6, 6.07) is 14.9. The van der Waals surface area contributed by atoms with Crippen LogP contribution >= 0.6 is 0 Å². The molecule has 1 aromatic heterocycles. The minimum absolute atomic E-state index is 0.585. The van der Waals surface area contributed by atoms with Crippen LogP contribution in [0.2, 0.25) is 0 Å². The van der Waals surface area contributed by atoms with Crippen molar-refractivity contribution in [1.82, 2.24) is 14.9 Å². The first-order chi connectivity index (χ1) is 9.43. The molecule has 0 saturated carbocycles. The van der Waals surface area contributed by atoms with Gasteiger partial charge in [0.15, 0.2) is 0 Å². The largest absolute Gasteiger partial charge is 0.315 e. The highest BCUT2D eigenvalue weighted by Gasteiger charge is 2.23. The normalized spacial score (nSPS) is 15.6. The van der Waals surface area contributed by atoms with E-state index in [4.69, 9.17) is 0 Å². The van der Waals surface area contributed by atoms with Gasteiger partial charge in [-0.1, -0.05) is 36.4 Å². The minimum atomic E-state index is 0.585. The Morgan fingerprint density at radius 3 is 2.74 bits per heavy atom. The Morgan fingerprint density at radius 1 is 1.05 bits per heavy atom. The van der Waals surface area contributed by atoms with Crippen LogP contribution in [-0.4, -0.2) is 22.6 Å². The highest BCUT2D eigenvalue weighted by atomic mass is 15.1. The molecular weight excluding hydrogens is 234 g/mol. The number of hydrogen-bond donors (Lipinski definition) is 1. The molecule has 1 saturated heterocycles. The van der Waals surface area contributed by atoms with E-state index >= 15 is 0 Å². The Labute approximate surface area is 111 Å². The first-order valence-corrected chi connectivity index (χ1v) is 6.64. The summed E-state index contributed by atoms with van der Waals surface area (Å²) in [5.74, 6) is 0.585. The van der Waals surface area contributed by atoms with Crippen molar-refractivity contribution < 1.29 is 0 Å². The lowest BCUT2D eigenvalue weighted by molar-refractivity contribution is 0.435. The molecule has 1 fully saturated rings. The van der Waals surface area contributed by atoms with Gasteiger partial charge >= 0.3 is 0 Å². The van der Waals surface area contributed by atoms with Crippen LogP contribution in [0.1, 0.15) is 11.6 Å². The molecule has 0 aliphatic carbocycles. The summed E-state index contributed by atoms with van der Waals surface area (Å²) in [5, 5.41) is 5.87. The second-order valence-electron chi connectivity index (χ2n) is 5.04. The van der Waals surface area contributed by atoms with Crippen LogP contribution in [0.5, 0.6) is 0 Å². The lowest BCUT2D eigenvalue weighted by Crippen LogP contribution is -2.40. The number of fused-ring (bicyclic) bond motifs is 1. The lowest BCUT2D eigenvalue weighted by Gasteiger charge is -2.28. The smallest absolute Gasteiger partial charge is 0.0994 e. The molecule has 0 spiro atoms. The number of nitrogens with one attached hydrogen (secondary N) is 1. The third-order valence-corrected chi connectivity index (χ3v) is 3.89. The maximum absolute atomic E-state index is 4.34. The summed E-state index contributed by atoms with van der Waals surface area (Å²) >= 11 is 0. The van der Waals surface area contributed by atoms with Crippen molar-refractivity contribution in [3.05, 3.63) is 60.7 Å². The number of nitrogens with zero attached hydrogens (tertiary/aromatic N) is 2. The fourth-order valence-corrected chi connectivity index (χ4v) is 2.72. The van der Waals surface area contributed by atoms with Crippen molar-refractivity contribution in [1.29, 1.82) is 0 Å². The SMILES string of the molecule is c1ccc2c(-n3cncc3C3CNC3)cccc2c1. The van der Waals surface area contributed by atoms with Gasteiger partial charge in [0.1, 0.15) is 0 Å². The quantitative estimate of drug-likeness (QED) is 0.756. The van der Waals surface area contributed by atoms with Crippen molar-refractivity contribution in [3.8, 4) is 5.69 Å². The Hall–Kier alpha value is -2.13. The fraction of sp³-hybridized carbons (Fsp3) is 0.188. The third-order valence-electron chi connectivity index (χ3n) is 3.89. The number of rotatable bonds is 2. The van der Waals surface area contributed by atoms with Crippen LogP contribution in [-0.2, 0) is 0 Å². The van der Waals surface area contributed by atoms with E-state index in [1.54, 1.807) is 0 Å². The van der Waals surface area contributed by atoms with Gasteiger partial charge in [-0.05, 0) is 11.5 Å². The van der Waals surface area contributed by atoms with Gasteiger partial charge in [0.2, 0.25) is 0 Å². The summed E-state index contributed by atoms with van der Waals surface area (Å²) < 4.78 is 2.23. The standard InChI is InChI=1S/C16H15N3/c1-2-6-14-12(4-1)5-3-7-15(14)19-11-18-10-16(19)13-8-17-9-13/h1-7,10-11,13,17H,8-9H2. The van der Waals surface area contributed by atoms with E-state index in [-0.39, 0.29) is 0 Å². The maximum atomic E-state index is 4.34. The van der Waals surface area contributed by atoms with Gasteiger partial charge in [-0.25, -0.2) is 4.98 Å². The number of aromatic nitrogens is 2. The van der Waals surface area contributed by atoms with Gasteiger partial charge in [-0.3, -0.25) is 0 Å². The van der Waals surface area contributed by atoms with Gasteiger partial charge < -0.3 is 9.88 Å². The molecular formula is C16H15N3. The second kappa shape index (κ2) is 4.21. The first kappa shape index (κ1) is 10.8. The molecule has 3 heteroatoms. The van der Waals surface area contributed by atoms with Crippen molar-refractivity contribution in [3.63, 3.8) is 0 Å². The zero-order valence-corrected chi connectivity index (χ0v) is 10.6. The van der Waals surface area contributed by atoms with Crippen LogP contribution in [0.3, 0.4) is 0 Å². The van der Waals surface area contributed by atoms with E-state index in [0.717, 1.165) is 13.1 Å². The van der Waals surface area contributed by atoms with E-state index in [1.165, 1.54) is 22.2 Å². The average Bonchev–Trinajstić information content (AvgIpc) is 2.85. The summed E-state index contributed by atoms with van der Waals surface area (Å²) in [4.78, 5) is 4.34. The maximum Gasteiger partial charge on any atom is 0.0994 e. The van der Waals surface area contributed by atoms with Gasteiger partial charge in [0.25, 0.3) is 0 Å². The van der Waals surface area contributed by atoms with E-state index in [1.807, 2.05) is 12.5 Å². The molecule has 4 rings (SSSR count). The highest BCUT2D eigenvalue weighted by Crippen LogP contribution is 2.27. The molecule has 1 aliphatic rings. The topological polar surface area (TPSA) is 29.9 Å². The first-order valence-electron chi connectivity index (χ1n) is 6.64. The molecule has 0 atom stereocenters. The van der Waals surface area contributed by atoms with Crippen molar-refractivity contribution in [2.45, 2.75) is 5.92 Å². The molecule has 0 amide bonds. The Bertz CT molecular complexity index is 720. The summed E-state index contributed by atoms with van der Waals surface area (Å²) in [6.07, 6.45) is 3.92. The number of hydrogen-bond acceptors (Lipinski definition) is 2. The molecule has 0 bridgehead atoms. The Balaban J connectivity index is 1.93. The van der Waals surface area contributed by atoms with Gasteiger partial charge in [-0.2, -0.15) is 0 Å². The molecule has 19 heavy (non-hydrogen) atoms. The summed E-state index contributed by atoms with van der Waals surface area (Å²) in [5.41, 5.74) is 2.52. The number of benzene rings is 2. The second-order valence-corrected chi connectivity index (χ2v) is 5.04. The van der Waals surface area contributed by atoms with Gasteiger partial charge in [0, 0.05) is 36.3 Å². The van der Waals surface area contributed by atoms with Gasteiger partial charge in [-0.15, -0.1) is 0 Å². The minimum Gasteiger partial charge on any atom is -0.315 e. The summed E-state index contributed by atoms with van der Waals surface area (Å²) in [7, 11) is 0. The van der Waals surface area contributed by atoms with Crippen LogP contribution in [0.15, 0.2) is 55.0 Å². The fourth-order valence-electron chi connectivity index (χ4n) is 2.72. The predicted octanol–water partition coefficient (Wildman–Crippen LogP) is 2.71. The van der Waals surface area contributed by atoms with Crippen LogP contribution in [0.25, 0.3) is 16.5 Å². The molecule has 0 radical (unpaired) electrons. The predicted molar refractivity (Wildman–Crippen MR) is 76.7 cm³/mol. The molecule has 3 aromatic rings. The molecule has 3 nitrogen and oxygen atoms in total. The monoisotopic (exact) mass is 249 g/mol. The van der Waals surface area contributed by atoms with E-state index in [9.17, 15) is 0 Å². The van der Waals surface area contributed by atoms with Crippen LogP contribution in [0.4, 0.5) is 0 Å². The Kier molecular flexibility index (Phi) is 2.38. The molecule has 2 heterocycles. The van der Waals surface area contributed by atoms with E-state index in [2.05, 4.69) is 57.3 Å². The van der Waals surface area contributed by atoms with Crippen molar-refractivity contribution in [2.75, 3.05) is 13.1 Å². The zero-order valence-electron chi connectivity index (χ0n) is 10.6. The summed E-state index contributed by atoms with van der Waals surface area (Å²) in [6.45, 7) is 2.10.